The molecule has 4 heteroatoms. The topological polar surface area (TPSA) is 55.8 Å². The minimum absolute atomic E-state index is 0.0561. The van der Waals surface area contributed by atoms with Crippen LogP contribution in [0.3, 0.4) is 0 Å². The average Bonchev–Trinajstić information content (AvgIpc) is 3.41. The van der Waals surface area contributed by atoms with Crippen molar-refractivity contribution in [3.05, 3.63) is 42.0 Å². The van der Waals surface area contributed by atoms with E-state index in [0.717, 1.165) is 35.7 Å². The van der Waals surface area contributed by atoms with Crippen molar-refractivity contribution in [1.29, 1.82) is 0 Å². The number of methoxy groups -OCH3 is 1. The third kappa shape index (κ3) is 4.61. The summed E-state index contributed by atoms with van der Waals surface area (Å²) in [5.41, 5.74) is 3.85. The van der Waals surface area contributed by atoms with E-state index in [1.54, 1.807) is 24.3 Å². The van der Waals surface area contributed by atoms with Crippen LogP contribution in [0.4, 0.5) is 0 Å². The molecule has 1 N–H and O–H groups in total. The molecular weight excluding hydrogens is 568 g/mol. The molecule has 6 rings (SSSR count). The third-order valence-corrected chi connectivity index (χ3v) is 16.1. The van der Waals surface area contributed by atoms with Crippen molar-refractivity contribution < 1.29 is 19.4 Å². The van der Waals surface area contributed by atoms with Crippen LogP contribution in [0, 0.1) is 62.6 Å². The molecule has 0 amide bonds. The van der Waals surface area contributed by atoms with Crippen molar-refractivity contribution in [2.24, 2.45) is 62.6 Å². The van der Waals surface area contributed by atoms with Crippen LogP contribution in [0.2, 0.25) is 0 Å². The number of allylic oxidation sites excluding steroid dienone is 1. The first-order chi connectivity index (χ1) is 21.6. The van der Waals surface area contributed by atoms with Crippen molar-refractivity contribution in [1.82, 2.24) is 0 Å². The van der Waals surface area contributed by atoms with Crippen LogP contribution < -0.4 is 4.74 Å². The fourth-order valence-corrected chi connectivity index (χ4v) is 13.3. The fraction of sp³-hybridized carbons (Fsp3) is 0.738. The monoisotopic (exact) mass is 630 g/mol. The van der Waals surface area contributed by atoms with E-state index in [9.17, 15) is 9.90 Å². The first kappa shape index (κ1) is 33.7. The van der Waals surface area contributed by atoms with Gasteiger partial charge in [-0.25, -0.2) is 4.79 Å². The summed E-state index contributed by atoms with van der Waals surface area (Å²) >= 11 is 0. The molecule has 254 valence electrons. The van der Waals surface area contributed by atoms with Crippen LogP contribution in [0.15, 0.2) is 36.4 Å². The Labute approximate surface area is 279 Å². The van der Waals surface area contributed by atoms with Gasteiger partial charge >= 0.3 is 5.97 Å². The zero-order valence-corrected chi connectivity index (χ0v) is 30.4. The smallest absolute Gasteiger partial charge is 0.331 e. The molecular formula is C42H62O4. The standard InChI is InChI=1S/C42H62O4/c1-26(2)27(3)11-12-28(4)31-19-21-40(9)35-17-16-34-38(6,7)36(20-22-41(34)29(5)42(35,41)24-23-39(31,40)8)46-37(44)18-14-30-13-15-32(43)33(25-30)45-10/h13-15,18,25-26,28-29,31,34-36,43H,3,11-12,16-17,19-24H2,1-2,4-10H3/b18-14+/t28-,29?,31?,34?,35?,36?,39?,40+,41?,42?/m1/s1. The van der Waals surface area contributed by atoms with Gasteiger partial charge in [-0.05, 0) is 145 Å². The van der Waals surface area contributed by atoms with Crippen LogP contribution in [-0.2, 0) is 9.53 Å². The van der Waals surface area contributed by atoms with Crippen molar-refractivity contribution >= 4 is 12.0 Å². The number of carbonyl (C=O) groups excluding carboxylic acids is 1. The van der Waals surface area contributed by atoms with Gasteiger partial charge in [-0.1, -0.05) is 73.6 Å². The van der Waals surface area contributed by atoms with Gasteiger partial charge in [0.2, 0.25) is 0 Å². The SMILES string of the molecule is C=C(CC[C@@H](C)C1CC[C@@]2(C)C3CCC4C(C)(C)C(OC(=O)/C=C/c5ccc(O)c(OC)c5)CCC45C(C)C35CCC12C)C(C)C. The fourth-order valence-electron chi connectivity index (χ4n) is 13.3. The number of hydrogen-bond donors (Lipinski definition) is 1. The number of aromatic hydroxyl groups is 1. The molecule has 8 unspecified atom stereocenters. The quantitative estimate of drug-likeness (QED) is 0.168. The summed E-state index contributed by atoms with van der Waals surface area (Å²) in [5, 5.41) is 9.91. The first-order valence-electron chi connectivity index (χ1n) is 18.5. The maximum absolute atomic E-state index is 13.1. The molecule has 1 aromatic carbocycles. The molecule has 0 bridgehead atoms. The van der Waals surface area contributed by atoms with Crippen molar-refractivity contribution in [2.45, 2.75) is 126 Å². The maximum atomic E-state index is 13.1. The number of benzene rings is 1. The molecule has 2 spiro atoms. The summed E-state index contributed by atoms with van der Waals surface area (Å²) in [6, 6.07) is 5.09. The number of phenolic OH excluding ortho intramolecular Hbond substituents is 1. The van der Waals surface area contributed by atoms with Gasteiger partial charge in [-0.2, -0.15) is 0 Å². The third-order valence-electron chi connectivity index (χ3n) is 16.1. The summed E-state index contributed by atoms with van der Waals surface area (Å²) in [6.45, 7) is 24.4. The lowest BCUT2D eigenvalue weighted by atomic mass is 9.41. The highest BCUT2D eigenvalue weighted by Crippen LogP contribution is 2.91. The molecule has 10 atom stereocenters. The predicted octanol–water partition coefficient (Wildman–Crippen LogP) is 10.6. The number of ether oxygens (including phenoxy) is 2. The van der Waals surface area contributed by atoms with E-state index in [-0.39, 0.29) is 23.2 Å². The largest absolute Gasteiger partial charge is 0.504 e. The summed E-state index contributed by atoms with van der Waals surface area (Å²) in [6.07, 6.45) is 16.0. The molecule has 5 saturated carbocycles. The van der Waals surface area contributed by atoms with Crippen LogP contribution in [0.5, 0.6) is 11.5 Å². The molecule has 0 aliphatic heterocycles. The highest BCUT2D eigenvalue weighted by Gasteiger charge is 2.86. The minimum Gasteiger partial charge on any atom is -0.504 e. The molecule has 0 heterocycles. The summed E-state index contributed by atoms with van der Waals surface area (Å²) in [4.78, 5) is 13.1. The molecule has 0 radical (unpaired) electrons. The molecule has 5 fully saturated rings. The van der Waals surface area contributed by atoms with E-state index in [4.69, 9.17) is 9.47 Å². The Balaban J connectivity index is 1.17. The lowest BCUT2D eigenvalue weighted by molar-refractivity contribution is -0.179. The zero-order chi connectivity index (χ0) is 33.4. The second kappa shape index (κ2) is 11.4. The number of phenols is 1. The minimum atomic E-state index is -0.280. The van der Waals surface area contributed by atoms with Crippen molar-refractivity contribution in [3.63, 3.8) is 0 Å². The van der Waals surface area contributed by atoms with Gasteiger partial charge in [-0.3, -0.25) is 0 Å². The molecule has 5 aliphatic carbocycles. The van der Waals surface area contributed by atoms with E-state index in [1.165, 1.54) is 76.5 Å². The Hall–Kier alpha value is -2.23. The Morgan fingerprint density at radius 1 is 0.978 bits per heavy atom. The molecule has 5 aliphatic rings. The van der Waals surface area contributed by atoms with Crippen LogP contribution >= 0.6 is 0 Å². The van der Waals surface area contributed by atoms with E-state index in [1.807, 2.05) is 0 Å². The maximum Gasteiger partial charge on any atom is 0.331 e. The second-order valence-electron chi connectivity index (χ2n) is 17.8. The van der Waals surface area contributed by atoms with Crippen LogP contribution in [0.1, 0.15) is 125 Å². The highest BCUT2D eigenvalue weighted by molar-refractivity contribution is 5.87. The number of carbonyl (C=O) groups is 1. The lowest BCUT2D eigenvalue weighted by Crippen LogP contribution is -2.58. The van der Waals surface area contributed by atoms with E-state index in [0.29, 0.717) is 39.2 Å². The number of fused-ring (bicyclic) bond motifs is 2. The van der Waals surface area contributed by atoms with Gasteiger partial charge in [0.05, 0.1) is 7.11 Å². The van der Waals surface area contributed by atoms with Gasteiger partial charge in [0.1, 0.15) is 6.10 Å². The molecule has 46 heavy (non-hydrogen) atoms. The Bertz CT molecular complexity index is 1390. The molecule has 0 aromatic heterocycles. The normalized spacial score (nSPS) is 41.2. The Morgan fingerprint density at radius 3 is 2.37 bits per heavy atom. The van der Waals surface area contributed by atoms with Gasteiger partial charge in [-0.15, -0.1) is 0 Å². The summed E-state index contributed by atoms with van der Waals surface area (Å²) in [7, 11) is 1.53. The predicted molar refractivity (Wildman–Crippen MR) is 187 cm³/mol. The summed E-state index contributed by atoms with van der Waals surface area (Å²) in [5.74, 6) is 4.52. The number of esters is 1. The lowest BCUT2D eigenvalue weighted by Gasteiger charge is -2.63. The van der Waals surface area contributed by atoms with Gasteiger partial charge in [0.25, 0.3) is 0 Å². The van der Waals surface area contributed by atoms with E-state index < -0.39 is 0 Å². The average molecular weight is 631 g/mol. The van der Waals surface area contributed by atoms with Gasteiger partial charge in [0.15, 0.2) is 11.5 Å². The zero-order valence-electron chi connectivity index (χ0n) is 30.4. The summed E-state index contributed by atoms with van der Waals surface area (Å²) < 4.78 is 11.5. The number of hydrogen-bond acceptors (Lipinski definition) is 4. The van der Waals surface area contributed by atoms with E-state index >= 15 is 0 Å². The van der Waals surface area contributed by atoms with Crippen molar-refractivity contribution in [3.8, 4) is 11.5 Å². The number of rotatable bonds is 9. The molecule has 0 saturated heterocycles. The van der Waals surface area contributed by atoms with Crippen molar-refractivity contribution in [2.75, 3.05) is 7.11 Å². The molecule has 4 nitrogen and oxygen atoms in total. The van der Waals surface area contributed by atoms with Crippen LogP contribution in [0.25, 0.3) is 6.08 Å². The Morgan fingerprint density at radius 2 is 1.67 bits per heavy atom. The van der Waals surface area contributed by atoms with Gasteiger partial charge in [0, 0.05) is 11.5 Å². The molecule has 1 aromatic rings. The van der Waals surface area contributed by atoms with E-state index in [2.05, 4.69) is 62.0 Å². The van der Waals surface area contributed by atoms with Crippen LogP contribution in [-0.4, -0.2) is 24.3 Å². The highest BCUT2D eigenvalue weighted by atomic mass is 16.5. The first-order valence-corrected chi connectivity index (χ1v) is 18.5. The Kier molecular flexibility index (Phi) is 8.37. The van der Waals surface area contributed by atoms with Gasteiger partial charge < -0.3 is 14.6 Å². The second-order valence-corrected chi connectivity index (χ2v) is 17.8.